The van der Waals surface area contributed by atoms with Crippen LogP contribution < -0.4 is 19.5 Å². The number of hydrogen-bond acceptors (Lipinski definition) is 6. The summed E-state index contributed by atoms with van der Waals surface area (Å²) < 4.78 is 23.3. The Hall–Kier alpha value is -3.22. The van der Waals surface area contributed by atoms with Gasteiger partial charge in [-0.3, -0.25) is 9.59 Å². The Morgan fingerprint density at radius 2 is 1.79 bits per heavy atom. The van der Waals surface area contributed by atoms with Gasteiger partial charge in [0.2, 0.25) is 5.75 Å². The molecule has 0 atom stereocenters. The molecule has 3 aliphatic rings. The SMILES string of the molecule is COc1ccc(-c2cccc3c2CNC3=O)c(OCC2(C(=O)OCC3CCC3)CCC2)c1OC. The highest BCUT2D eigenvalue weighted by Gasteiger charge is 2.47. The number of ether oxygens (including phenoxy) is 4. The fourth-order valence-corrected chi connectivity index (χ4v) is 4.99. The van der Waals surface area contributed by atoms with Crippen LogP contribution in [-0.4, -0.2) is 39.3 Å². The first-order valence-corrected chi connectivity index (χ1v) is 12.0. The average molecular weight is 466 g/mol. The monoisotopic (exact) mass is 465 g/mol. The smallest absolute Gasteiger partial charge is 0.315 e. The topological polar surface area (TPSA) is 83.1 Å². The maximum atomic E-state index is 13.0. The first kappa shape index (κ1) is 22.6. The maximum absolute atomic E-state index is 13.0. The summed E-state index contributed by atoms with van der Waals surface area (Å²) in [4.78, 5) is 25.3. The zero-order valence-electron chi connectivity index (χ0n) is 19.8. The minimum absolute atomic E-state index is 0.0811. The van der Waals surface area contributed by atoms with Gasteiger partial charge in [0.1, 0.15) is 12.0 Å². The lowest BCUT2D eigenvalue weighted by Crippen LogP contribution is -2.45. The molecule has 5 rings (SSSR count). The van der Waals surface area contributed by atoms with Gasteiger partial charge in [0.05, 0.1) is 20.8 Å². The Morgan fingerprint density at radius 3 is 2.44 bits per heavy atom. The predicted molar refractivity (Wildman–Crippen MR) is 126 cm³/mol. The van der Waals surface area contributed by atoms with Crippen LogP contribution >= 0.6 is 0 Å². The molecule has 7 nitrogen and oxygen atoms in total. The fourth-order valence-electron chi connectivity index (χ4n) is 4.99. The summed E-state index contributed by atoms with van der Waals surface area (Å²) in [5.74, 6) is 1.77. The summed E-state index contributed by atoms with van der Waals surface area (Å²) >= 11 is 0. The van der Waals surface area contributed by atoms with E-state index in [-0.39, 0.29) is 18.5 Å². The van der Waals surface area contributed by atoms with E-state index in [0.717, 1.165) is 48.8 Å². The lowest BCUT2D eigenvalue weighted by atomic mass is 9.69. The molecule has 34 heavy (non-hydrogen) atoms. The second-order valence-corrected chi connectivity index (χ2v) is 9.51. The molecule has 7 heteroatoms. The molecule has 1 aliphatic heterocycles. The van der Waals surface area contributed by atoms with E-state index in [9.17, 15) is 9.59 Å². The zero-order valence-corrected chi connectivity index (χ0v) is 19.8. The van der Waals surface area contributed by atoms with E-state index in [0.29, 0.717) is 41.9 Å². The Balaban J connectivity index is 1.46. The molecule has 0 aromatic heterocycles. The largest absolute Gasteiger partial charge is 0.493 e. The van der Waals surface area contributed by atoms with Crippen molar-refractivity contribution in [1.82, 2.24) is 5.32 Å². The van der Waals surface area contributed by atoms with Crippen molar-refractivity contribution in [3.05, 3.63) is 41.5 Å². The number of benzene rings is 2. The molecule has 180 valence electrons. The number of hydrogen-bond donors (Lipinski definition) is 1. The van der Waals surface area contributed by atoms with Crippen molar-refractivity contribution < 1.29 is 28.5 Å². The zero-order chi connectivity index (χ0) is 23.7. The highest BCUT2D eigenvalue weighted by atomic mass is 16.5. The summed E-state index contributed by atoms with van der Waals surface area (Å²) in [5.41, 5.74) is 2.63. The summed E-state index contributed by atoms with van der Waals surface area (Å²) in [6.45, 7) is 1.17. The van der Waals surface area contributed by atoms with Gasteiger partial charge in [0.15, 0.2) is 11.5 Å². The quantitative estimate of drug-likeness (QED) is 0.549. The Kier molecular flexibility index (Phi) is 6.11. The normalized spacial score (nSPS) is 18.2. The third kappa shape index (κ3) is 3.87. The van der Waals surface area contributed by atoms with Crippen molar-refractivity contribution in [2.75, 3.05) is 27.4 Å². The molecule has 0 spiro atoms. The second kappa shape index (κ2) is 9.20. The molecule has 1 N–H and O–H groups in total. The molecule has 1 amide bonds. The summed E-state index contributed by atoms with van der Waals surface area (Å²) in [6.07, 6.45) is 5.97. The van der Waals surface area contributed by atoms with Crippen molar-refractivity contribution in [2.45, 2.75) is 45.1 Å². The molecular formula is C27H31NO6. The molecule has 0 saturated heterocycles. The number of amides is 1. The first-order chi connectivity index (χ1) is 16.6. The number of methoxy groups -OCH3 is 2. The molecule has 2 aromatic carbocycles. The summed E-state index contributed by atoms with van der Waals surface area (Å²) in [5, 5.41) is 2.89. The summed E-state index contributed by atoms with van der Waals surface area (Å²) in [6, 6.07) is 9.40. The molecule has 2 fully saturated rings. The van der Waals surface area contributed by atoms with Gasteiger partial charge in [-0.15, -0.1) is 0 Å². The maximum Gasteiger partial charge on any atom is 0.315 e. The van der Waals surface area contributed by atoms with Crippen LogP contribution in [0.3, 0.4) is 0 Å². The molecule has 0 radical (unpaired) electrons. The van der Waals surface area contributed by atoms with Crippen molar-refractivity contribution in [1.29, 1.82) is 0 Å². The van der Waals surface area contributed by atoms with Crippen LogP contribution in [0.5, 0.6) is 17.2 Å². The van der Waals surface area contributed by atoms with Gasteiger partial charge >= 0.3 is 5.97 Å². The van der Waals surface area contributed by atoms with E-state index in [2.05, 4.69) is 5.32 Å². The van der Waals surface area contributed by atoms with Crippen LogP contribution in [0.25, 0.3) is 11.1 Å². The third-order valence-electron chi connectivity index (χ3n) is 7.55. The van der Waals surface area contributed by atoms with Crippen molar-refractivity contribution in [2.24, 2.45) is 11.3 Å². The molecule has 2 aliphatic carbocycles. The fraction of sp³-hybridized carbons (Fsp3) is 0.481. The molecule has 0 unspecified atom stereocenters. The van der Waals surface area contributed by atoms with Gasteiger partial charge in [0, 0.05) is 17.7 Å². The minimum Gasteiger partial charge on any atom is -0.493 e. The number of esters is 1. The standard InChI is InChI=1S/C27H31NO6/c1-31-22-11-10-19(18-8-4-9-20-21(18)14-28-25(20)29)23(24(22)32-2)34-16-27(12-5-13-27)26(30)33-15-17-6-3-7-17/h4,8-11,17H,3,5-7,12-16H2,1-2H3,(H,28,29). The highest BCUT2D eigenvalue weighted by Crippen LogP contribution is 2.49. The van der Waals surface area contributed by atoms with Crippen LogP contribution in [0.15, 0.2) is 30.3 Å². The van der Waals surface area contributed by atoms with E-state index in [4.69, 9.17) is 18.9 Å². The van der Waals surface area contributed by atoms with Crippen LogP contribution in [0.2, 0.25) is 0 Å². The van der Waals surface area contributed by atoms with Gasteiger partial charge in [0.25, 0.3) is 5.91 Å². The van der Waals surface area contributed by atoms with Gasteiger partial charge in [-0.2, -0.15) is 0 Å². The van der Waals surface area contributed by atoms with Crippen LogP contribution in [0, 0.1) is 11.3 Å². The molecule has 1 heterocycles. The molecule has 0 bridgehead atoms. The average Bonchev–Trinajstić information content (AvgIpc) is 3.17. The lowest BCUT2D eigenvalue weighted by molar-refractivity contribution is -0.166. The highest BCUT2D eigenvalue weighted by molar-refractivity contribution is 6.01. The van der Waals surface area contributed by atoms with E-state index in [1.54, 1.807) is 14.2 Å². The van der Waals surface area contributed by atoms with Gasteiger partial charge in [-0.05, 0) is 60.9 Å². The number of nitrogens with one attached hydrogen (secondary N) is 1. The molecular weight excluding hydrogens is 434 g/mol. The van der Waals surface area contributed by atoms with Crippen LogP contribution in [-0.2, 0) is 16.1 Å². The van der Waals surface area contributed by atoms with Crippen molar-refractivity contribution >= 4 is 11.9 Å². The summed E-state index contributed by atoms with van der Waals surface area (Å²) in [7, 11) is 3.15. The van der Waals surface area contributed by atoms with Crippen molar-refractivity contribution in [3.8, 4) is 28.4 Å². The van der Waals surface area contributed by atoms with E-state index in [1.807, 2.05) is 30.3 Å². The second-order valence-electron chi connectivity index (χ2n) is 9.51. The van der Waals surface area contributed by atoms with E-state index < -0.39 is 5.41 Å². The van der Waals surface area contributed by atoms with Gasteiger partial charge in [-0.25, -0.2) is 0 Å². The van der Waals surface area contributed by atoms with Crippen molar-refractivity contribution in [3.63, 3.8) is 0 Å². The number of rotatable bonds is 9. The Morgan fingerprint density at radius 1 is 1.00 bits per heavy atom. The van der Waals surface area contributed by atoms with Gasteiger partial charge in [-0.1, -0.05) is 25.0 Å². The van der Waals surface area contributed by atoms with E-state index >= 15 is 0 Å². The lowest BCUT2D eigenvalue weighted by Gasteiger charge is -2.39. The third-order valence-corrected chi connectivity index (χ3v) is 7.55. The first-order valence-electron chi connectivity index (χ1n) is 12.0. The van der Waals surface area contributed by atoms with Crippen LogP contribution in [0.1, 0.15) is 54.4 Å². The molecule has 2 aromatic rings. The van der Waals surface area contributed by atoms with Gasteiger partial charge < -0.3 is 24.3 Å². The number of carbonyl (C=O) groups excluding carboxylic acids is 2. The number of fused-ring (bicyclic) bond motifs is 1. The van der Waals surface area contributed by atoms with Crippen LogP contribution in [0.4, 0.5) is 0 Å². The minimum atomic E-state index is -0.634. The number of carbonyl (C=O) groups is 2. The predicted octanol–water partition coefficient (Wildman–Crippen LogP) is 4.51. The van der Waals surface area contributed by atoms with E-state index in [1.165, 1.54) is 6.42 Å². The Labute approximate surface area is 199 Å². The molecule has 2 saturated carbocycles. The Bertz CT molecular complexity index is 1100.